The molecule has 0 heterocycles. The lowest BCUT2D eigenvalue weighted by Gasteiger charge is -1.97. The number of carbonyl (C=O) groups excluding carboxylic acids is 1. The zero-order valence-corrected chi connectivity index (χ0v) is 7.14. The molecule has 0 aliphatic carbocycles. The van der Waals surface area contributed by atoms with E-state index in [0.717, 1.165) is 12.8 Å². The second-order valence-electron chi connectivity index (χ2n) is 2.47. The summed E-state index contributed by atoms with van der Waals surface area (Å²) in [6.45, 7) is 5.44. The Labute approximate surface area is 75.6 Å². The Bertz CT molecular complexity index is 119. The molecule has 0 aliphatic heterocycles. The molecule has 12 heavy (non-hydrogen) atoms. The Balaban J connectivity index is 0. The summed E-state index contributed by atoms with van der Waals surface area (Å²) in [6.07, 6.45) is 6.13. The van der Waals surface area contributed by atoms with Crippen molar-refractivity contribution in [2.24, 2.45) is 0 Å². The third-order valence-corrected chi connectivity index (χ3v) is 1.45. The molecular formula is C10H20O2. The molecule has 0 rings (SSSR count). The van der Waals surface area contributed by atoms with E-state index in [1.54, 1.807) is 0 Å². The zero-order valence-electron chi connectivity index (χ0n) is 7.14. The van der Waals surface area contributed by atoms with Gasteiger partial charge < -0.3 is 4.74 Å². The molecule has 0 N–H and O–H groups in total. The van der Waals surface area contributed by atoms with E-state index >= 15 is 0 Å². The van der Waals surface area contributed by atoms with Crippen LogP contribution in [-0.2, 0) is 9.53 Å². The van der Waals surface area contributed by atoms with Crippen LogP contribution in [0.15, 0.2) is 12.8 Å². The second-order valence-corrected chi connectivity index (χ2v) is 2.47. The number of carbonyl (C=O) groups is 1. The highest BCUT2D eigenvalue weighted by Crippen LogP contribution is 2.03. The van der Waals surface area contributed by atoms with Gasteiger partial charge in [-0.25, -0.2) is 0 Å². The maximum absolute atomic E-state index is 10.7. The molecule has 0 fully saturated rings. The monoisotopic (exact) mass is 172 g/mol. The van der Waals surface area contributed by atoms with E-state index in [1.165, 1.54) is 19.1 Å². The molecule has 2 nitrogen and oxygen atoms in total. The fourth-order valence-corrected chi connectivity index (χ4v) is 0.848. The third kappa shape index (κ3) is 9.21. The Morgan fingerprint density at radius 2 is 2.08 bits per heavy atom. The smallest absolute Gasteiger partial charge is 0.310 e. The van der Waals surface area contributed by atoms with Crippen LogP contribution >= 0.6 is 0 Å². The maximum Gasteiger partial charge on any atom is 0.310 e. The molecule has 2 heteroatoms. The SMILES string of the molecule is C.C=COC(=O)CCCCCC. The number of esters is 1. The average molecular weight is 172 g/mol. The van der Waals surface area contributed by atoms with Gasteiger partial charge in [0.2, 0.25) is 0 Å². The van der Waals surface area contributed by atoms with E-state index in [2.05, 4.69) is 18.2 Å². The zero-order chi connectivity index (χ0) is 8.53. The van der Waals surface area contributed by atoms with Crippen LogP contribution in [0.25, 0.3) is 0 Å². The van der Waals surface area contributed by atoms with Gasteiger partial charge in [0.15, 0.2) is 0 Å². The van der Waals surface area contributed by atoms with E-state index in [4.69, 9.17) is 0 Å². The first kappa shape index (κ1) is 13.8. The predicted molar refractivity (Wildman–Crippen MR) is 51.8 cm³/mol. The first-order valence-electron chi connectivity index (χ1n) is 4.11. The van der Waals surface area contributed by atoms with Crippen LogP contribution in [0.1, 0.15) is 46.5 Å². The van der Waals surface area contributed by atoms with E-state index in [1.807, 2.05) is 0 Å². The minimum Gasteiger partial charge on any atom is -0.435 e. The molecule has 0 saturated heterocycles. The number of hydrogen-bond acceptors (Lipinski definition) is 2. The van der Waals surface area contributed by atoms with E-state index < -0.39 is 0 Å². The molecule has 0 unspecified atom stereocenters. The van der Waals surface area contributed by atoms with E-state index in [-0.39, 0.29) is 13.4 Å². The van der Waals surface area contributed by atoms with Gasteiger partial charge in [0, 0.05) is 6.42 Å². The van der Waals surface area contributed by atoms with Gasteiger partial charge in [-0.15, -0.1) is 0 Å². The van der Waals surface area contributed by atoms with E-state index in [0.29, 0.717) is 6.42 Å². The minimum absolute atomic E-state index is 0. The van der Waals surface area contributed by atoms with Crippen LogP contribution in [0.3, 0.4) is 0 Å². The fraction of sp³-hybridized carbons (Fsp3) is 0.700. The molecule has 0 aromatic heterocycles. The van der Waals surface area contributed by atoms with Crippen LogP contribution in [0, 0.1) is 0 Å². The van der Waals surface area contributed by atoms with Crippen molar-refractivity contribution in [1.29, 1.82) is 0 Å². The Kier molecular flexibility index (Phi) is 11.7. The molecule has 0 aromatic carbocycles. The highest BCUT2D eigenvalue weighted by atomic mass is 16.5. The van der Waals surface area contributed by atoms with Crippen molar-refractivity contribution in [2.75, 3.05) is 0 Å². The Morgan fingerprint density at radius 1 is 1.42 bits per heavy atom. The van der Waals surface area contributed by atoms with E-state index in [9.17, 15) is 4.79 Å². The van der Waals surface area contributed by atoms with Gasteiger partial charge >= 0.3 is 5.97 Å². The normalized spacial score (nSPS) is 8.42. The van der Waals surface area contributed by atoms with Crippen molar-refractivity contribution in [1.82, 2.24) is 0 Å². The summed E-state index contributed by atoms with van der Waals surface area (Å²) in [5, 5.41) is 0. The lowest BCUT2D eigenvalue weighted by Crippen LogP contribution is -1.98. The summed E-state index contributed by atoms with van der Waals surface area (Å²) in [5.74, 6) is -0.170. The first-order valence-corrected chi connectivity index (χ1v) is 4.11. The highest BCUT2D eigenvalue weighted by Gasteiger charge is 1.98. The quantitative estimate of drug-likeness (QED) is 0.349. The molecule has 0 bridgehead atoms. The van der Waals surface area contributed by atoms with Crippen molar-refractivity contribution in [3.63, 3.8) is 0 Å². The molecule has 0 radical (unpaired) electrons. The van der Waals surface area contributed by atoms with Gasteiger partial charge in [-0.2, -0.15) is 0 Å². The van der Waals surface area contributed by atoms with Crippen LogP contribution in [0.2, 0.25) is 0 Å². The molecule has 0 aromatic rings. The summed E-state index contributed by atoms with van der Waals surface area (Å²) < 4.78 is 4.55. The number of ether oxygens (including phenoxy) is 1. The van der Waals surface area contributed by atoms with Crippen LogP contribution in [0.4, 0.5) is 0 Å². The molecule has 0 atom stereocenters. The number of hydrogen-bond donors (Lipinski definition) is 0. The van der Waals surface area contributed by atoms with Crippen LogP contribution < -0.4 is 0 Å². The van der Waals surface area contributed by atoms with Crippen molar-refractivity contribution in [3.05, 3.63) is 12.8 Å². The predicted octanol–water partition coefficient (Wildman–Crippen LogP) is 3.28. The molecule has 0 spiro atoms. The van der Waals surface area contributed by atoms with Gasteiger partial charge in [0.05, 0.1) is 6.26 Å². The highest BCUT2D eigenvalue weighted by molar-refractivity contribution is 5.69. The average Bonchev–Trinajstić information content (AvgIpc) is 1.99. The Hall–Kier alpha value is -0.790. The molecule has 0 aliphatic rings. The molecule has 72 valence electrons. The standard InChI is InChI=1S/C9H16O2.CH4/c1-3-5-6-7-8-9(10)11-4-2;/h4H,2-3,5-8H2,1H3;1H4. The summed E-state index contributed by atoms with van der Waals surface area (Å²) in [6, 6.07) is 0. The van der Waals surface area contributed by atoms with Crippen LogP contribution in [-0.4, -0.2) is 5.97 Å². The number of rotatable bonds is 6. The lowest BCUT2D eigenvalue weighted by atomic mass is 10.2. The van der Waals surface area contributed by atoms with Gasteiger partial charge in [0.1, 0.15) is 0 Å². The van der Waals surface area contributed by atoms with Crippen molar-refractivity contribution in [2.45, 2.75) is 46.5 Å². The van der Waals surface area contributed by atoms with Crippen LogP contribution in [0.5, 0.6) is 0 Å². The fourth-order valence-electron chi connectivity index (χ4n) is 0.848. The van der Waals surface area contributed by atoms with Gasteiger partial charge in [-0.05, 0) is 6.42 Å². The Morgan fingerprint density at radius 3 is 2.58 bits per heavy atom. The summed E-state index contributed by atoms with van der Waals surface area (Å²) in [5.41, 5.74) is 0. The largest absolute Gasteiger partial charge is 0.435 e. The summed E-state index contributed by atoms with van der Waals surface area (Å²) >= 11 is 0. The minimum atomic E-state index is -0.170. The van der Waals surface area contributed by atoms with Gasteiger partial charge in [-0.1, -0.05) is 40.2 Å². The molecular weight excluding hydrogens is 152 g/mol. The summed E-state index contributed by atoms with van der Waals surface area (Å²) in [7, 11) is 0. The van der Waals surface area contributed by atoms with Crippen molar-refractivity contribution < 1.29 is 9.53 Å². The van der Waals surface area contributed by atoms with Crippen molar-refractivity contribution >= 4 is 5.97 Å². The topological polar surface area (TPSA) is 26.3 Å². The molecule has 0 amide bonds. The third-order valence-electron chi connectivity index (χ3n) is 1.45. The first-order chi connectivity index (χ1) is 5.31. The summed E-state index contributed by atoms with van der Waals surface area (Å²) in [4.78, 5) is 10.7. The van der Waals surface area contributed by atoms with Crippen molar-refractivity contribution in [3.8, 4) is 0 Å². The molecule has 0 saturated carbocycles. The number of unbranched alkanes of at least 4 members (excludes halogenated alkanes) is 3. The van der Waals surface area contributed by atoms with Gasteiger partial charge in [-0.3, -0.25) is 4.79 Å². The maximum atomic E-state index is 10.7. The van der Waals surface area contributed by atoms with Gasteiger partial charge in [0.25, 0.3) is 0 Å². The lowest BCUT2D eigenvalue weighted by molar-refractivity contribution is -0.138. The second kappa shape index (κ2) is 10.2.